The van der Waals surface area contributed by atoms with Gasteiger partial charge in [-0.15, -0.1) is 0 Å². The van der Waals surface area contributed by atoms with Crippen LogP contribution in [0.2, 0.25) is 0 Å². The summed E-state index contributed by atoms with van der Waals surface area (Å²) in [5.74, 6) is 2.67. The zero-order chi connectivity index (χ0) is 21.3. The number of furan rings is 1. The van der Waals surface area contributed by atoms with Crippen molar-refractivity contribution in [3.8, 4) is 0 Å². The predicted molar refractivity (Wildman–Crippen MR) is 127 cm³/mol. The van der Waals surface area contributed by atoms with Crippen molar-refractivity contribution < 1.29 is 4.42 Å². The van der Waals surface area contributed by atoms with E-state index in [0.29, 0.717) is 5.92 Å². The van der Waals surface area contributed by atoms with E-state index in [1.807, 2.05) is 30.5 Å². The molecule has 2 fully saturated rings. The largest absolute Gasteiger partial charge is 0.450 e. The molecule has 5 heterocycles. The molecule has 0 bridgehead atoms. The average Bonchev–Trinajstić information content (AvgIpc) is 3.24. The molecule has 7 heteroatoms. The molecular weight excluding hydrogens is 400 g/mol. The van der Waals surface area contributed by atoms with Crippen LogP contribution in [0.3, 0.4) is 0 Å². The van der Waals surface area contributed by atoms with E-state index in [1.54, 1.807) is 6.33 Å². The number of benzene rings is 1. The van der Waals surface area contributed by atoms with Gasteiger partial charge >= 0.3 is 0 Å². The first kappa shape index (κ1) is 19.5. The van der Waals surface area contributed by atoms with Crippen LogP contribution in [0.4, 0.5) is 11.6 Å². The number of rotatable bonds is 4. The number of anilines is 2. The average molecular weight is 429 g/mol. The molecule has 3 aromatic heterocycles. The normalized spacial score (nSPS) is 20.3. The molecule has 0 saturated carbocycles. The number of piperazine rings is 1. The number of fused-ring (bicyclic) bond motifs is 3. The smallest absolute Gasteiger partial charge is 0.196 e. The van der Waals surface area contributed by atoms with Crippen molar-refractivity contribution in [2.75, 3.05) is 55.6 Å². The quantitative estimate of drug-likeness (QED) is 0.490. The van der Waals surface area contributed by atoms with Crippen molar-refractivity contribution in [2.24, 2.45) is 5.92 Å². The van der Waals surface area contributed by atoms with E-state index in [1.165, 1.54) is 12.8 Å². The molecule has 4 aromatic rings. The number of hydrogen-bond acceptors (Lipinski definition) is 7. The third kappa shape index (κ3) is 3.66. The van der Waals surface area contributed by atoms with Gasteiger partial charge in [-0.2, -0.15) is 0 Å². The van der Waals surface area contributed by atoms with Crippen LogP contribution in [0.15, 0.2) is 59.4 Å². The van der Waals surface area contributed by atoms with Gasteiger partial charge in [0.15, 0.2) is 11.4 Å². The van der Waals surface area contributed by atoms with Crippen LogP contribution in [0, 0.1) is 5.92 Å². The Morgan fingerprint density at radius 1 is 0.875 bits per heavy atom. The minimum atomic E-state index is 0.638. The van der Waals surface area contributed by atoms with E-state index in [0.717, 1.165) is 79.5 Å². The van der Waals surface area contributed by atoms with E-state index in [-0.39, 0.29) is 0 Å². The Hall–Kier alpha value is -3.19. The van der Waals surface area contributed by atoms with E-state index in [4.69, 9.17) is 4.42 Å². The molecule has 0 spiro atoms. The number of para-hydroxylation sites is 1. The Morgan fingerprint density at radius 2 is 1.75 bits per heavy atom. The first-order valence-corrected chi connectivity index (χ1v) is 11.6. The fourth-order valence-electron chi connectivity index (χ4n) is 5.21. The number of nitrogens with zero attached hydrogens (tertiary/aromatic N) is 6. The van der Waals surface area contributed by atoms with E-state index < -0.39 is 0 Å². The zero-order valence-corrected chi connectivity index (χ0v) is 18.2. The summed E-state index contributed by atoms with van der Waals surface area (Å²) in [5.41, 5.74) is 2.61. The maximum absolute atomic E-state index is 6.19. The van der Waals surface area contributed by atoms with E-state index in [9.17, 15) is 0 Å². The zero-order valence-electron chi connectivity index (χ0n) is 18.2. The first-order valence-electron chi connectivity index (χ1n) is 11.6. The van der Waals surface area contributed by atoms with Crippen LogP contribution in [-0.2, 0) is 0 Å². The second kappa shape index (κ2) is 8.39. The van der Waals surface area contributed by atoms with Crippen LogP contribution in [0.5, 0.6) is 0 Å². The number of piperidine rings is 1. The topological polar surface area (TPSA) is 61.5 Å². The predicted octanol–water partition coefficient (Wildman–Crippen LogP) is 3.81. The maximum atomic E-state index is 6.19. The molecule has 1 atom stereocenters. The van der Waals surface area contributed by atoms with Crippen molar-refractivity contribution in [3.05, 3.63) is 55.0 Å². The summed E-state index contributed by atoms with van der Waals surface area (Å²) in [7, 11) is 0. The molecule has 0 radical (unpaired) electrons. The summed E-state index contributed by atoms with van der Waals surface area (Å²) in [6.45, 7) is 7.44. The molecule has 0 aliphatic carbocycles. The maximum Gasteiger partial charge on any atom is 0.196 e. The molecule has 6 rings (SSSR count). The summed E-state index contributed by atoms with van der Waals surface area (Å²) in [6, 6.07) is 14.3. The number of hydrogen-bond donors (Lipinski definition) is 0. The van der Waals surface area contributed by atoms with Crippen molar-refractivity contribution in [2.45, 2.75) is 12.8 Å². The first-order chi connectivity index (χ1) is 15.8. The van der Waals surface area contributed by atoms with E-state index >= 15 is 0 Å². The molecule has 2 aliphatic heterocycles. The van der Waals surface area contributed by atoms with Gasteiger partial charge in [0, 0.05) is 57.4 Å². The lowest BCUT2D eigenvalue weighted by molar-refractivity contribution is 0.205. The van der Waals surface area contributed by atoms with Gasteiger partial charge in [0.05, 0.1) is 0 Å². The van der Waals surface area contributed by atoms with Gasteiger partial charge in [0.1, 0.15) is 23.2 Å². The molecule has 7 nitrogen and oxygen atoms in total. The molecule has 2 aliphatic rings. The van der Waals surface area contributed by atoms with E-state index in [2.05, 4.69) is 47.9 Å². The lowest BCUT2D eigenvalue weighted by atomic mass is 9.97. The Kier molecular flexibility index (Phi) is 5.11. The molecule has 2 saturated heterocycles. The van der Waals surface area contributed by atoms with Gasteiger partial charge < -0.3 is 14.2 Å². The van der Waals surface area contributed by atoms with Crippen LogP contribution in [0.25, 0.3) is 22.1 Å². The molecule has 32 heavy (non-hydrogen) atoms. The van der Waals surface area contributed by atoms with Gasteiger partial charge in [-0.25, -0.2) is 15.0 Å². The Bertz CT molecular complexity index is 1200. The van der Waals surface area contributed by atoms with Crippen molar-refractivity contribution in [1.82, 2.24) is 19.9 Å². The second-order valence-corrected chi connectivity index (χ2v) is 8.90. The highest BCUT2D eigenvalue weighted by Crippen LogP contribution is 2.34. The lowest BCUT2D eigenvalue weighted by Crippen LogP contribution is -2.50. The SMILES string of the molecule is c1ccc(N2CCN(CC3CCCN(c4ncnc5c4oc4ccccc45)C3)CC2)nc1. The second-order valence-electron chi connectivity index (χ2n) is 8.90. The molecular formula is C25H28N6O. The summed E-state index contributed by atoms with van der Waals surface area (Å²) < 4.78 is 6.19. The highest BCUT2D eigenvalue weighted by molar-refractivity contribution is 6.05. The van der Waals surface area contributed by atoms with Gasteiger partial charge in [0.2, 0.25) is 0 Å². The van der Waals surface area contributed by atoms with Gasteiger partial charge in [-0.1, -0.05) is 18.2 Å². The van der Waals surface area contributed by atoms with Crippen LogP contribution < -0.4 is 9.80 Å². The molecule has 1 unspecified atom stereocenters. The third-order valence-corrected chi connectivity index (χ3v) is 6.82. The summed E-state index contributed by atoms with van der Waals surface area (Å²) in [4.78, 5) is 21.1. The van der Waals surface area contributed by atoms with Crippen LogP contribution >= 0.6 is 0 Å². The number of pyridine rings is 1. The molecule has 164 valence electrons. The summed E-state index contributed by atoms with van der Waals surface area (Å²) in [6.07, 6.45) is 6.01. The van der Waals surface area contributed by atoms with Gasteiger partial charge in [0.25, 0.3) is 0 Å². The summed E-state index contributed by atoms with van der Waals surface area (Å²) >= 11 is 0. The minimum absolute atomic E-state index is 0.638. The third-order valence-electron chi connectivity index (χ3n) is 6.82. The highest BCUT2D eigenvalue weighted by Gasteiger charge is 2.27. The Balaban J connectivity index is 1.14. The van der Waals surface area contributed by atoms with Gasteiger partial charge in [-0.05, 0) is 43.0 Å². The Morgan fingerprint density at radius 3 is 2.62 bits per heavy atom. The summed E-state index contributed by atoms with van der Waals surface area (Å²) in [5, 5.41) is 1.06. The van der Waals surface area contributed by atoms with Crippen molar-refractivity contribution in [1.29, 1.82) is 0 Å². The van der Waals surface area contributed by atoms with Crippen LogP contribution in [-0.4, -0.2) is 65.7 Å². The lowest BCUT2D eigenvalue weighted by Gasteiger charge is -2.39. The van der Waals surface area contributed by atoms with Crippen molar-refractivity contribution in [3.63, 3.8) is 0 Å². The number of aromatic nitrogens is 3. The standard InChI is InChI=1S/C25H28N6O/c1-2-8-21-20(7-1)23-24(32-21)25(28-18-27-23)31-11-5-6-19(17-31)16-29-12-14-30(15-13-29)22-9-3-4-10-26-22/h1-4,7-10,18-19H,5-6,11-17H2. The molecule has 1 aromatic carbocycles. The van der Waals surface area contributed by atoms with Crippen molar-refractivity contribution >= 4 is 33.7 Å². The monoisotopic (exact) mass is 428 g/mol. The fourth-order valence-corrected chi connectivity index (χ4v) is 5.21. The minimum Gasteiger partial charge on any atom is -0.450 e. The molecule has 0 N–H and O–H groups in total. The fraction of sp³-hybridized carbons (Fsp3) is 0.400. The Labute approximate surface area is 187 Å². The molecule has 0 amide bonds. The van der Waals surface area contributed by atoms with Gasteiger partial charge in [-0.3, -0.25) is 4.90 Å². The van der Waals surface area contributed by atoms with Crippen LogP contribution in [0.1, 0.15) is 12.8 Å². The highest BCUT2D eigenvalue weighted by atomic mass is 16.3.